The van der Waals surface area contributed by atoms with Crippen LogP contribution in [-0.4, -0.2) is 9.79 Å². The first-order valence-electron chi connectivity index (χ1n) is 6.60. The number of hydrogen-bond acceptors (Lipinski definition) is 5. The molecule has 0 aliphatic carbocycles. The molecule has 2 aromatic carbocycles. The lowest BCUT2D eigenvalue weighted by atomic mass is 10.2. The zero-order valence-electron chi connectivity index (χ0n) is 12.0. The van der Waals surface area contributed by atoms with Gasteiger partial charge in [-0.3, -0.25) is 9.05 Å². The molecule has 124 valence electrons. The zero-order chi connectivity index (χ0) is 16.8. The lowest BCUT2D eigenvalue weighted by molar-refractivity contribution is 0.146. The molecular weight excluding hydrogens is 342 g/mol. The molecule has 0 aliphatic heterocycles. The lowest BCUT2D eigenvalue weighted by Crippen LogP contribution is -1.98. The summed E-state index contributed by atoms with van der Waals surface area (Å²) >= 11 is 0. The smallest absolute Gasteiger partial charge is 0.302 e. The SMILES string of the molecule is O=P(O)(OCc1ccccc1)OP(=O)(O)OCc1ccccc1. The van der Waals surface area contributed by atoms with E-state index in [2.05, 4.69) is 13.4 Å². The van der Waals surface area contributed by atoms with Crippen LogP contribution < -0.4 is 0 Å². The van der Waals surface area contributed by atoms with Crippen molar-refractivity contribution < 1.29 is 32.3 Å². The molecule has 2 unspecified atom stereocenters. The van der Waals surface area contributed by atoms with Crippen LogP contribution >= 0.6 is 15.6 Å². The Morgan fingerprint density at radius 3 is 1.39 bits per heavy atom. The molecule has 0 aliphatic rings. The fourth-order valence-corrected chi connectivity index (χ4v) is 3.68. The Morgan fingerprint density at radius 1 is 0.696 bits per heavy atom. The van der Waals surface area contributed by atoms with E-state index in [1.54, 1.807) is 60.7 Å². The minimum Gasteiger partial charge on any atom is -0.302 e. The predicted molar refractivity (Wildman–Crippen MR) is 83.2 cm³/mol. The highest BCUT2D eigenvalue weighted by Crippen LogP contribution is 2.60. The molecule has 0 heterocycles. The van der Waals surface area contributed by atoms with Gasteiger partial charge in [-0.1, -0.05) is 60.7 Å². The molecule has 2 rings (SSSR count). The van der Waals surface area contributed by atoms with Gasteiger partial charge >= 0.3 is 15.6 Å². The van der Waals surface area contributed by atoms with Crippen LogP contribution in [0.1, 0.15) is 11.1 Å². The molecule has 0 amide bonds. The monoisotopic (exact) mass is 358 g/mol. The minimum atomic E-state index is -4.74. The molecule has 0 saturated heterocycles. The highest BCUT2D eigenvalue weighted by Gasteiger charge is 2.35. The second-order valence-corrected chi connectivity index (χ2v) is 7.58. The van der Waals surface area contributed by atoms with Crippen LogP contribution in [0.2, 0.25) is 0 Å². The minimum absolute atomic E-state index is 0.243. The van der Waals surface area contributed by atoms with Crippen LogP contribution in [0.5, 0.6) is 0 Å². The van der Waals surface area contributed by atoms with Gasteiger partial charge < -0.3 is 9.79 Å². The maximum atomic E-state index is 11.7. The van der Waals surface area contributed by atoms with Crippen molar-refractivity contribution >= 4 is 15.6 Å². The van der Waals surface area contributed by atoms with Crippen LogP contribution in [0.4, 0.5) is 0 Å². The van der Waals surface area contributed by atoms with Crippen molar-refractivity contribution in [2.24, 2.45) is 0 Å². The van der Waals surface area contributed by atoms with E-state index in [0.717, 1.165) is 0 Å². The maximum Gasteiger partial charge on any atom is 0.481 e. The van der Waals surface area contributed by atoms with Crippen LogP contribution in [0.3, 0.4) is 0 Å². The number of benzene rings is 2. The molecule has 0 radical (unpaired) electrons. The predicted octanol–water partition coefficient (Wildman–Crippen LogP) is 3.64. The van der Waals surface area contributed by atoms with Gasteiger partial charge in [-0.25, -0.2) is 9.13 Å². The van der Waals surface area contributed by atoms with Crippen LogP contribution in [0.25, 0.3) is 0 Å². The average Bonchev–Trinajstić information content (AvgIpc) is 2.52. The van der Waals surface area contributed by atoms with Gasteiger partial charge in [-0.15, -0.1) is 0 Å². The van der Waals surface area contributed by atoms with Gasteiger partial charge in [0.05, 0.1) is 13.2 Å². The third-order valence-electron chi connectivity index (χ3n) is 2.68. The molecule has 9 heteroatoms. The number of hydrogen-bond donors (Lipinski definition) is 2. The summed E-state index contributed by atoms with van der Waals surface area (Å²) in [6.45, 7) is -0.486. The van der Waals surface area contributed by atoms with Gasteiger partial charge in [-0.2, -0.15) is 4.31 Å². The van der Waals surface area contributed by atoms with Crippen molar-refractivity contribution in [3.8, 4) is 0 Å². The second-order valence-electron chi connectivity index (χ2n) is 4.54. The summed E-state index contributed by atoms with van der Waals surface area (Å²) in [7, 11) is -9.48. The van der Waals surface area contributed by atoms with Crippen molar-refractivity contribution in [2.45, 2.75) is 13.2 Å². The van der Waals surface area contributed by atoms with E-state index in [4.69, 9.17) is 0 Å². The van der Waals surface area contributed by atoms with E-state index in [9.17, 15) is 18.9 Å². The molecule has 2 atom stereocenters. The van der Waals surface area contributed by atoms with Crippen molar-refractivity contribution in [3.63, 3.8) is 0 Å². The van der Waals surface area contributed by atoms with E-state index in [-0.39, 0.29) is 13.2 Å². The highest BCUT2D eigenvalue weighted by molar-refractivity contribution is 7.61. The topological polar surface area (TPSA) is 102 Å². The summed E-state index contributed by atoms with van der Waals surface area (Å²) in [4.78, 5) is 19.0. The largest absolute Gasteiger partial charge is 0.481 e. The summed E-state index contributed by atoms with van der Waals surface area (Å²) in [6, 6.07) is 17.1. The first-order chi connectivity index (χ1) is 10.9. The number of phosphoric acid groups is 2. The van der Waals surface area contributed by atoms with Gasteiger partial charge in [0.2, 0.25) is 0 Å². The quantitative estimate of drug-likeness (QED) is 0.695. The zero-order valence-corrected chi connectivity index (χ0v) is 13.8. The second kappa shape index (κ2) is 7.99. The van der Waals surface area contributed by atoms with Crippen LogP contribution in [0.15, 0.2) is 60.7 Å². The van der Waals surface area contributed by atoms with Gasteiger partial charge in [0, 0.05) is 0 Å². The van der Waals surface area contributed by atoms with Gasteiger partial charge in [0.15, 0.2) is 0 Å². The Hall–Kier alpha value is -1.30. The standard InChI is InChI=1S/C14H16O7P2/c15-22(16,19-11-13-7-3-1-4-8-13)21-23(17,18)20-12-14-9-5-2-6-10-14/h1-10H,11-12H2,(H,15,16)(H,17,18). The molecule has 2 aromatic rings. The Bertz CT molecular complexity index is 644. The van der Waals surface area contributed by atoms with E-state index in [0.29, 0.717) is 11.1 Å². The maximum absolute atomic E-state index is 11.7. The fraction of sp³-hybridized carbons (Fsp3) is 0.143. The summed E-state index contributed by atoms with van der Waals surface area (Å²) in [5.41, 5.74) is 1.23. The van der Waals surface area contributed by atoms with Crippen molar-refractivity contribution in [2.75, 3.05) is 0 Å². The Balaban J connectivity index is 1.87. The normalized spacial score (nSPS) is 16.4. The molecule has 0 saturated carbocycles. The number of rotatable bonds is 8. The van der Waals surface area contributed by atoms with Crippen LogP contribution in [-0.2, 0) is 35.7 Å². The molecule has 23 heavy (non-hydrogen) atoms. The summed E-state index contributed by atoms with van der Waals surface area (Å²) < 4.78 is 37.0. The highest BCUT2D eigenvalue weighted by atomic mass is 31.3. The van der Waals surface area contributed by atoms with E-state index < -0.39 is 15.6 Å². The van der Waals surface area contributed by atoms with E-state index in [1.807, 2.05) is 0 Å². The summed E-state index contributed by atoms with van der Waals surface area (Å²) in [6.07, 6.45) is 0. The Morgan fingerprint density at radius 2 is 1.04 bits per heavy atom. The molecule has 7 nitrogen and oxygen atoms in total. The third kappa shape index (κ3) is 6.77. The molecule has 0 aromatic heterocycles. The van der Waals surface area contributed by atoms with E-state index >= 15 is 0 Å². The first kappa shape index (κ1) is 18.0. The lowest BCUT2D eigenvalue weighted by Gasteiger charge is -2.16. The third-order valence-corrected chi connectivity index (χ3v) is 5.24. The van der Waals surface area contributed by atoms with Crippen molar-refractivity contribution in [1.29, 1.82) is 0 Å². The number of phosphoric ester groups is 2. The molecular formula is C14H16O7P2. The molecule has 0 fully saturated rings. The van der Waals surface area contributed by atoms with E-state index in [1.165, 1.54) is 0 Å². The van der Waals surface area contributed by atoms with Crippen molar-refractivity contribution in [1.82, 2.24) is 0 Å². The van der Waals surface area contributed by atoms with Gasteiger partial charge in [0.1, 0.15) is 0 Å². The average molecular weight is 358 g/mol. The summed E-state index contributed by atoms with van der Waals surface area (Å²) in [5, 5.41) is 0. The molecule has 0 bridgehead atoms. The van der Waals surface area contributed by atoms with Gasteiger partial charge in [0.25, 0.3) is 0 Å². The Kier molecular flexibility index (Phi) is 6.27. The molecule has 0 spiro atoms. The Labute approximate surface area is 133 Å². The van der Waals surface area contributed by atoms with Crippen LogP contribution in [0, 0.1) is 0 Å². The fourth-order valence-electron chi connectivity index (χ4n) is 1.64. The summed E-state index contributed by atoms with van der Waals surface area (Å²) in [5.74, 6) is 0. The first-order valence-corrected chi connectivity index (χ1v) is 9.59. The van der Waals surface area contributed by atoms with Crippen molar-refractivity contribution in [3.05, 3.63) is 71.8 Å². The molecule has 2 N–H and O–H groups in total. The van der Waals surface area contributed by atoms with Gasteiger partial charge in [-0.05, 0) is 11.1 Å².